The van der Waals surface area contributed by atoms with E-state index in [4.69, 9.17) is 0 Å². The van der Waals surface area contributed by atoms with E-state index in [2.05, 4.69) is 31.2 Å². The Morgan fingerprint density at radius 3 is 3.08 bits per heavy atom. The molecular weight excluding hydrogens is 222 g/mol. The van der Waals surface area contributed by atoms with Crippen molar-refractivity contribution in [1.82, 2.24) is 15.3 Å². The van der Waals surface area contributed by atoms with Crippen molar-refractivity contribution in [2.24, 2.45) is 0 Å². The molecule has 0 aliphatic carbocycles. The van der Waals surface area contributed by atoms with Crippen molar-refractivity contribution >= 4 is 21.8 Å². The lowest BCUT2D eigenvalue weighted by Gasteiger charge is -1.99. The number of aromatic amines is 1. The number of aromatic nitrogens is 2. The van der Waals surface area contributed by atoms with Crippen molar-refractivity contribution in [2.75, 3.05) is 6.54 Å². The Balaban J connectivity index is 2.33. The first-order valence-electron chi connectivity index (χ1n) is 3.62. The number of hydrogen-bond acceptors (Lipinski definition) is 2. The molecule has 0 atom stereocenters. The summed E-state index contributed by atoms with van der Waals surface area (Å²) >= 11 is 3.28. The molecule has 0 aromatic carbocycles. The first-order chi connectivity index (χ1) is 5.70. The lowest BCUT2D eigenvalue weighted by molar-refractivity contribution is -0.118. The van der Waals surface area contributed by atoms with Gasteiger partial charge in [0.25, 0.3) is 0 Å². The number of carbonyl (C=O) groups excluding carboxylic acids is 1. The van der Waals surface area contributed by atoms with Crippen LogP contribution < -0.4 is 5.32 Å². The van der Waals surface area contributed by atoms with Gasteiger partial charge in [-0.05, 0) is 15.9 Å². The zero-order chi connectivity index (χ0) is 8.97. The van der Waals surface area contributed by atoms with E-state index >= 15 is 0 Å². The summed E-state index contributed by atoms with van der Waals surface area (Å²) in [7, 11) is 0. The minimum Gasteiger partial charge on any atom is -0.356 e. The summed E-state index contributed by atoms with van der Waals surface area (Å²) in [4.78, 5) is 17.4. The third-order valence-electron chi connectivity index (χ3n) is 1.41. The summed E-state index contributed by atoms with van der Waals surface area (Å²) in [6.45, 7) is 2.14. The Morgan fingerprint density at radius 1 is 1.83 bits per heavy atom. The molecule has 0 aliphatic rings. The van der Waals surface area contributed by atoms with Crippen LogP contribution in [-0.2, 0) is 11.2 Å². The van der Waals surface area contributed by atoms with Crippen LogP contribution in [0.5, 0.6) is 0 Å². The van der Waals surface area contributed by atoms with Crippen molar-refractivity contribution in [3.8, 4) is 0 Å². The van der Waals surface area contributed by atoms with Crippen molar-refractivity contribution in [3.05, 3.63) is 16.6 Å². The molecule has 66 valence electrons. The Bertz CT molecular complexity index is 271. The number of H-pyrrole nitrogens is 1. The van der Waals surface area contributed by atoms with Gasteiger partial charge in [-0.3, -0.25) is 4.79 Å². The van der Waals surface area contributed by atoms with E-state index in [1.807, 2.05) is 0 Å². The summed E-state index contributed by atoms with van der Waals surface area (Å²) in [5.41, 5.74) is 1.00. The van der Waals surface area contributed by atoms with Crippen LogP contribution >= 0.6 is 15.9 Å². The van der Waals surface area contributed by atoms with E-state index in [1.54, 1.807) is 6.33 Å². The van der Waals surface area contributed by atoms with E-state index in [1.165, 1.54) is 6.92 Å². The third kappa shape index (κ3) is 2.65. The van der Waals surface area contributed by atoms with Crippen molar-refractivity contribution < 1.29 is 4.79 Å². The van der Waals surface area contributed by atoms with E-state index in [-0.39, 0.29) is 5.91 Å². The van der Waals surface area contributed by atoms with Crippen LogP contribution in [0.15, 0.2) is 10.9 Å². The van der Waals surface area contributed by atoms with Crippen LogP contribution in [0.1, 0.15) is 12.6 Å². The topological polar surface area (TPSA) is 57.8 Å². The van der Waals surface area contributed by atoms with Crippen LogP contribution in [0.25, 0.3) is 0 Å². The molecule has 5 heteroatoms. The number of imidazole rings is 1. The monoisotopic (exact) mass is 231 g/mol. The van der Waals surface area contributed by atoms with Crippen molar-refractivity contribution in [2.45, 2.75) is 13.3 Å². The number of halogens is 1. The summed E-state index contributed by atoms with van der Waals surface area (Å²) in [5.74, 6) is -0.00867. The molecule has 1 aromatic rings. The molecule has 0 radical (unpaired) electrons. The van der Waals surface area contributed by atoms with Crippen LogP contribution in [0.4, 0.5) is 0 Å². The fourth-order valence-electron chi connectivity index (χ4n) is 0.843. The zero-order valence-electron chi connectivity index (χ0n) is 6.72. The number of hydrogen-bond donors (Lipinski definition) is 2. The molecule has 4 nitrogen and oxygen atoms in total. The second-order valence-corrected chi connectivity index (χ2v) is 3.16. The molecule has 0 fully saturated rings. The highest BCUT2D eigenvalue weighted by atomic mass is 79.9. The van der Waals surface area contributed by atoms with Gasteiger partial charge in [0.2, 0.25) is 5.91 Å². The van der Waals surface area contributed by atoms with Crippen LogP contribution in [0, 0.1) is 0 Å². The highest BCUT2D eigenvalue weighted by Crippen LogP contribution is 2.10. The highest BCUT2D eigenvalue weighted by Gasteiger charge is 2.00. The smallest absolute Gasteiger partial charge is 0.216 e. The van der Waals surface area contributed by atoms with Gasteiger partial charge >= 0.3 is 0 Å². The van der Waals surface area contributed by atoms with Gasteiger partial charge in [0.05, 0.1) is 12.0 Å². The van der Waals surface area contributed by atoms with E-state index in [0.717, 1.165) is 16.7 Å². The first kappa shape index (κ1) is 9.25. The number of rotatable bonds is 3. The number of amides is 1. The van der Waals surface area contributed by atoms with E-state index in [9.17, 15) is 4.79 Å². The number of nitrogens with one attached hydrogen (secondary N) is 2. The molecule has 1 aromatic heterocycles. The molecule has 0 saturated heterocycles. The number of carbonyl (C=O) groups is 1. The maximum atomic E-state index is 10.5. The molecule has 1 heterocycles. The predicted octanol–water partition coefficient (Wildman–Crippen LogP) is 0.851. The van der Waals surface area contributed by atoms with Crippen LogP contribution in [0.3, 0.4) is 0 Å². The molecule has 2 N–H and O–H groups in total. The van der Waals surface area contributed by atoms with Gasteiger partial charge in [0.1, 0.15) is 4.60 Å². The lowest BCUT2D eigenvalue weighted by atomic mass is 10.3. The largest absolute Gasteiger partial charge is 0.356 e. The second kappa shape index (κ2) is 4.25. The summed E-state index contributed by atoms with van der Waals surface area (Å²) in [6, 6.07) is 0. The quantitative estimate of drug-likeness (QED) is 0.811. The normalized spacial score (nSPS) is 9.83. The third-order valence-corrected chi connectivity index (χ3v) is 2.10. The SMILES string of the molecule is CC(=O)NCCc1[nH]cnc1Br. The maximum absolute atomic E-state index is 10.5. The Labute approximate surface area is 78.9 Å². The molecule has 0 unspecified atom stereocenters. The highest BCUT2D eigenvalue weighted by molar-refractivity contribution is 9.10. The standard InChI is InChI=1S/C7H10BrN3O/c1-5(12)9-3-2-6-7(8)11-4-10-6/h4H,2-3H2,1H3,(H,9,12)(H,10,11). The van der Waals surface area contributed by atoms with Crippen LogP contribution in [-0.4, -0.2) is 22.4 Å². The predicted molar refractivity (Wildman–Crippen MR) is 48.7 cm³/mol. The number of nitrogens with zero attached hydrogens (tertiary/aromatic N) is 1. The van der Waals surface area contributed by atoms with Crippen LogP contribution in [0.2, 0.25) is 0 Å². The molecule has 0 bridgehead atoms. The first-order valence-corrected chi connectivity index (χ1v) is 4.41. The average molecular weight is 232 g/mol. The Morgan fingerprint density at radius 2 is 2.58 bits per heavy atom. The van der Waals surface area contributed by atoms with E-state index in [0.29, 0.717) is 6.54 Å². The molecular formula is C7H10BrN3O. The minimum atomic E-state index is -0.00867. The lowest BCUT2D eigenvalue weighted by Crippen LogP contribution is -2.22. The van der Waals surface area contributed by atoms with Gasteiger partial charge in [-0.1, -0.05) is 0 Å². The minimum absolute atomic E-state index is 0.00867. The molecule has 1 amide bonds. The average Bonchev–Trinajstić information content (AvgIpc) is 2.36. The maximum Gasteiger partial charge on any atom is 0.216 e. The van der Waals surface area contributed by atoms with Gasteiger partial charge in [-0.2, -0.15) is 0 Å². The molecule has 1 rings (SSSR count). The zero-order valence-corrected chi connectivity index (χ0v) is 8.31. The fraction of sp³-hybridized carbons (Fsp3) is 0.429. The Kier molecular flexibility index (Phi) is 3.28. The van der Waals surface area contributed by atoms with Gasteiger partial charge in [-0.15, -0.1) is 0 Å². The molecule has 0 aliphatic heterocycles. The fourth-order valence-corrected chi connectivity index (χ4v) is 1.26. The summed E-state index contributed by atoms with van der Waals surface area (Å²) in [6.07, 6.45) is 2.38. The molecule has 0 saturated carbocycles. The summed E-state index contributed by atoms with van der Waals surface area (Å²) in [5, 5.41) is 2.70. The van der Waals surface area contributed by atoms with Crippen molar-refractivity contribution in [1.29, 1.82) is 0 Å². The molecule has 12 heavy (non-hydrogen) atoms. The molecule has 0 spiro atoms. The van der Waals surface area contributed by atoms with Gasteiger partial charge in [0.15, 0.2) is 0 Å². The van der Waals surface area contributed by atoms with E-state index < -0.39 is 0 Å². The van der Waals surface area contributed by atoms with Gasteiger partial charge in [-0.25, -0.2) is 4.98 Å². The Hall–Kier alpha value is -0.840. The van der Waals surface area contributed by atoms with Gasteiger partial charge < -0.3 is 10.3 Å². The second-order valence-electron chi connectivity index (χ2n) is 2.40. The van der Waals surface area contributed by atoms with Crippen molar-refractivity contribution in [3.63, 3.8) is 0 Å². The van der Waals surface area contributed by atoms with Gasteiger partial charge in [0, 0.05) is 19.9 Å². The summed E-state index contributed by atoms with van der Waals surface area (Å²) < 4.78 is 0.813.